The lowest BCUT2D eigenvalue weighted by atomic mass is 10.1. The number of nitrogens with zero attached hydrogens (tertiary/aromatic N) is 1. The highest BCUT2D eigenvalue weighted by Gasteiger charge is 2.28. The summed E-state index contributed by atoms with van der Waals surface area (Å²) in [5.41, 5.74) is 6.82. The van der Waals surface area contributed by atoms with Crippen LogP contribution in [-0.4, -0.2) is 42.4 Å². The van der Waals surface area contributed by atoms with Gasteiger partial charge in [0.25, 0.3) is 5.91 Å². The summed E-state index contributed by atoms with van der Waals surface area (Å²) in [5.74, 6) is -0.188. The fourth-order valence-electron chi connectivity index (χ4n) is 2.01. The molecule has 0 radical (unpaired) electrons. The number of urea groups is 1. The van der Waals surface area contributed by atoms with Crippen molar-refractivity contribution < 1.29 is 14.4 Å². The summed E-state index contributed by atoms with van der Waals surface area (Å²) in [4.78, 5) is 36.1. The van der Waals surface area contributed by atoms with Gasteiger partial charge in [0.15, 0.2) is 0 Å². The fourth-order valence-corrected chi connectivity index (χ4v) is 2.01. The standard InChI is InChI=1S/C15H20N4O3/c1-10(6-16)7-17-14(21)12-4-2-11(3-5-12)9-19-13(20)8-18-15(19)22/h2-5,10H,6-9,16H2,1H3,(H,17,21)(H,18,22). The van der Waals surface area contributed by atoms with Crippen LogP contribution in [-0.2, 0) is 11.3 Å². The number of carbonyl (C=O) groups excluding carboxylic acids is 3. The third-order valence-corrected chi connectivity index (χ3v) is 3.51. The Kier molecular flexibility index (Phi) is 5.11. The molecule has 1 atom stereocenters. The normalized spacial score (nSPS) is 15.6. The van der Waals surface area contributed by atoms with Gasteiger partial charge in [-0.3, -0.25) is 14.5 Å². The van der Waals surface area contributed by atoms with Crippen molar-refractivity contribution in [3.63, 3.8) is 0 Å². The molecule has 7 nitrogen and oxygen atoms in total. The van der Waals surface area contributed by atoms with Crippen molar-refractivity contribution in [1.82, 2.24) is 15.5 Å². The molecule has 1 aliphatic rings. The van der Waals surface area contributed by atoms with E-state index in [4.69, 9.17) is 5.73 Å². The lowest BCUT2D eigenvalue weighted by Gasteiger charge is -2.13. The van der Waals surface area contributed by atoms with Crippen LogP contribution < -0.4 is 16.4 Å². The number of nitrogens with two attached hydrogens (primary N) is 1. The van der Waals surface area contributed by atoms with E-state index < -0.39 is 0 Å². The second-order valence-electron chi connectivity index (χ2n) is 5.39. The van der Waals surface area contributed by atoms with Gasteiger partial charge in [0.1, 0.15) is 0 Å². The second kappa shape index (κ2) is 7.04. The van der Waals surface area contributed by atoms with E-state index in [-0.39, 0.29) is 36.9 Å². The zero-order chi connectivity index (χ0) is 16.1. The molecule has 0 bridgehead atoms. The van der Waals surface area contributed by atoms with Gasteiger partial charge in [-0.15, -0.1) is 0 Å². The van der Waals surface area contributed by atoms with Crippen LogP contribution in [0.2, 0.25) is 0 Å². The van der Waals surface area contributed by atoms with E-state index in [1.807, 2.05) is 6.92 Å². The second-order valence-corrected chi connectivity index (χ2v) is 5.39. The van der Waals surface area contributed by atoms with Crippen molar-refractivity contribution in [2.75, 3.05) is 19.6 Å². The first-order valence-corrected chi connectivity index (χ1v) is 7.16. The molecule has 0 aromatic heterocycles. The van der Waals surface area contributed by atoms with Crippen molar-refractivity contribution in [3.8, 4) is 0 Å². The molecule has 7 heteroatoms. The molecule has 0 aliphatic carbocycles. The molecule has 1 aromatic carbocycles. The van der Waals surface area contributed by atoms with Crippen LogP contribution in [0.25, 0.3) is 0 Å². The van der Waals surface area contributed by atoms with E-state index in [1.54, 1.807) is 24.3 Å². The average Bonchev–Trinajstić information content (AvgIpc) is 2.84. The number of imide groups is 1. The van der Waals surface area contributed by atoms with Crippen molar-refractivity contribution in [2.45, 2.75) is 13.5 Å². The summed E-state index contributed by atoms with van der Waals surface area (Å²) < 4.78 is 0. The minimum Gasteiger partial charge on any atom is -0.352 e. The largest absolute Gasteiger partial charge is 0.352 e. The first-order valence-electron chi connectivity index (χ1n) is 7.16. The Bertz CT molecular complexity index is 555. The molecule has 22 heavy (non-hydrogen) atoms. The molecule has 118 valence electrons. The third-order valence-electron chi connectivity index (χ3n) is 3.51. The predicted molar refractivity (Wildman–Crippen MR) is 80.9 cm³/mol. The van der Waals surface area contributed by atoms with Gasteiger partial charge in [-0.2, -0.15) is 0 Å². The highest BCUT2D eigenvalue weighted by atomic mass is 16.2. The number of hydrogen-bond acceptors (Lipinski definition) is 4. The molecule has 0 spiro atoms. The number of benzene rings is 1. The van der Waals surface area contributed by atoms with Crippen molar-refractivity contribution in [2.24, 2.45) is 11.7 Å². The van der Waals surface area contributed by atoms with Crippen LogP contribution in [0.1, 0.15) is 22.8 Å². The molecule has 1 saturated heterocycles. The summed E-state index contributed by atoms with van der Waals surface area (Å²) >= 11 is 0. The maximum atomic E-state index is 11.9. The molecule has 4 amide bonds. The zero-order valence-electron chi connectivity index (χ0n) is 12.5. The first kappa shape index (κ1) is 16.0. The van der Waals surface area contributed by atoms with Crippen LogP contribution in [0.5, 0.6) is 0 Å². The number of rotatable bonds is 6. The number of amides is 4. The van der Waals surface area contributed by atoms with Crippen LogP contribution >= 0.6 is 0 Å². The van der Waals surface area contributed by atoms with E-state index in [0.29, 0.717) is 18.7 Å². The highest BCUT2D eigenvalue weighted by molar-refractivity contribution is 6.01. The van der Waals surface area contributed by atoms with Gasteiger partial charge in [0.2, 0.25) is 5.91 Å². The first-order chi connectivity index (χ1) is 10.5. The summed E-state index contributed by atoms with van der Waals surface area (Å²) in [5, 5.41) is 5.27. The van der Waals surface area contributed by atoms with E-state index in [0.717, 1.165) is 10.5 Å². The average molecular weight is 304 g/mol. The third kappa shape index (κ3) is 3.82. The van der Waals surface area contributed by atoms with E-state index >= 15 is 0 Å². The molecule has 1 aliphatic heterocycles. The van der Waals surface area contributed by atoms with Gasteiger partial charge in [0, 0.05) is 12.1 Å². The minimum absolute atomic E-state index is 0.0403. The van der Waals surface area contributed by atoms with E-state index in [2.05, 4.69) is 10.6 Å². The van der Waals surface area contributed by atoms with Crippen molar-refractivity contribution in [3.05, 3.63) is 35.4 Å². The van der Waals surface area contributed by atoms with Crippen molar-refractivity contribution in [1.29, 1.82) is 0 Å². The molecule has 0 saturated carbocycles. The Morgan fingerprint density at radius 1 is 1.36 bits per heavy atom. The summed E-state index contributed by atoms with van der Waals surface area (Å²) in [6.45, 7) is 3.25. The summed E-state index contributed by atoms with van der Waals surface area (Å²) in [7, 11) is 0. The molecule has 2 rings (SSSR count). The topological polar surface area (TPSA) is 105 Å². The summed E-state index contributed by atoms with van der Waals surface area (Å²) in [6.07, 6.45) is 0. The maximum Gasteiger partial charge on any atom is 0.324 e. The van der Waals surface area contributed by atoms with Gasteiger partial charge in [0.05, 0.1) is 13.1 Å². The monoisotopic (exact) mass is 304 g/mol. The Morgan fingerprint density at radius 3 is 2.59 bits per heavy atom. The smallest absolute Gasteiger partial charge is 0.324 e. The molecule has 1 aromatic rings. The van der Waals surface area contributed by atoms with Crippen LogP contribution in [0.15, 0.2) is 24.3 Å². The predicted octanol–water partition coefficient (Wildman–Crippen LogP) is 0.0630. The van der Waals surface area contributed by atoms with Crippen LogP contribution in [0.3, 0.4) is 0 Å². The number of nitrogens with one attached hydrogen (secondary N) is 2. The van der Waals surface area contributed by atoms with Gasteiger partial charge >= 0.3 is 6.03 Å². The quantitative estimate of drug-likeness (QED) is 0.646. The molecular formula is C15H20N4O3. The van der Waals surface area contributed by atoms with E-state index in [1.165, 1.54) is 0 Å². The molecular weight excluding hydrogens is 284 g/mol. The highest BCUT2D eigenvalue weighted by Crippen LogP contribution is 2.10. The number of hydrogen-bond donors (Lipinski definition) is 3. The molecule has 1 heterocycles. The van der Waals surface area contributed by atoms with E-state index in [9.17, 15) is 14.4 Å². The molecule has 4 N–H and O–H groups in total. The lowest BCUT2D eigenvalue weighted by molar-refractivity contribution is -0.125. The Labute approximate surface area is 128 Å². The van der Waals surface area contributed by atoms with Gasteiger partial charge in [-0.25, -0.2) is 4.79 Å². The fraction of sp³-hybridized carbons (Fsp3) is 0.400. The van der Waals surface area contributed by atoms with Gasteiger partial charge in [-0.05, 0) is 30.2 Å². The molecule has 1 fully saturated rings. The van der Waals surface area contributed by atoms with Gasteiger partial charge in [-0.1, -0.05) is 19.1 Å². The van der Waals surface area contributed by atoms with Crippen molar-refractivity contribution >= 4 is 17.8 Å². The Balaban J connectivity index is 1.94. The SMILES string of the molecule is CC(CN)CNC(=O)c1ccc(CN2C(=O)CNC2=O)cc1. The summed E-state index contributed by atoms with van der Waals surface area (Å²) in [6, 6.07) is 6.44. The zero-order valence-corrected chi connectivity index (χ0v) is 12.5. The minimum atomic E-state index is -0.386. The molecule has 1 unspecified atom stereocenters. The Morgan fingerprint density at radius 2 is 2.05 bits per heavy atom. The maximum absolute atomic E-state index is 11.9. The number of carbonyl (C=O) groups is 3. The Hall–Kier alpha value is -2.41. The van der Waals surface area contributed by atoms with Crippen LogP contribution in [0.4, 0.5) is 4.79 Å². The van der Waals surface area contributed by atoms with Crippen LogP contribution in [0, 0.1) is 5.92 Å². The van der Waals surface area contributed by atoms with Gasteiger partial charge < -0.3 is 16.4 Å². The lowest BCUT2D eigenvalue weighted by Crippen LogP contribution is -2.31.